The van der Waals surface area contributed by atoms with Crippen LogP contribution in [0.15, 0.2) is 0 Å². The minimum atomic E-state index is -0.354. The van der Waals surface area contributed by atoms with E-state index in [2.05, 4.69) is 19.9 Å². The van der Waals surface area contributed by atoms with E-state index in [1.165, 1.54) is 6.42 Å². The standard InChI is InChI=1S/C13H21NO/c1-10(2)8-12(9-14)13(15)11-6-4-3-5-7-11/h10-12H,3-8H2,1-2H3. The monoisotopic (exact) mass is 207 g/mol. The van der Waals surface area contributed by atoms with E-state index < -0.39 is 0 Å². The molecule has 15 heavy (non-hydrogen) atoms. The van der Waals surface area contributed by atoms with Gasteiger partial charge in [-0.15, -0.1) is 0 Å². The van der Waals surface area contributed by atoms with Crippen molar-refractivity contribution in [3.05, 3.63) is 0 Å². The Bertz CT molecular complexity index is 246. The average molecular weight is 207 g/mol. The van der Waals surface area contributed by atoms with Gasteiger partial charge in [-0.25, -0.2) is 0 Å². The highest BCUT2D eigenvalue weighted by molar-refractivity contribution is 5.85. The molecule has 1 saturated carbocycles. The molecule has 0 aromatic heterocycles. The number of hydrogen-bond donors (Lipinski definition) is 0. The van der Waals surface area contributed by atoms with Gasteiger partial charge in [0, 0.05) is 5.92 Å². The molecule has 2 heteroatoms. The van der Waals surface area contributed by atoms with Crippen LogP contribution in [0.1, 0.15) is 52.4 Å². The van der Waals surface area contributed by atoms with Crippen molar-refractivity contribution in [2.75, 3.05) is 0 Å². The summed E-state index contributed by atoms with van der Waals surface area (Å²) < 4.78 is 0. The summed E-state index contributed by atoms with van der Waals surface area (Å²) in [5.74, 6) is 0.475. The number of carbonyl (C=O) groups excluding carboxylic acids is 1. The van der Waals surface area contributed by atoms with Crippen LogP contribution in [-0.4, -0.2) is 5.78 Å². The molecule has 0 heterocycles. The molecule has 1 aliphatic rings. The van der Waals surface area contributed by atoms with Crippen LogP contribution in [-0.2, 0) is 4.79 Å². The molecule has 0 bridgehead atoms. The maximum absolute atomic E-state index is 12.0. The van der Waals surface area contributed by atoms with Crippen molar-refractivity contribution in [3.8, 4) is 6.07 Å². The molecule has 2 nitrogen and oxygen atoms in total. The maximum atomic E-state index is 12.0. The summed E-state index contributed by atoms with van der Waals surface area (Å²) >= 11 is 0. The first-order valence-electron chi connectivity index (χ1n) is 6.08. The fraction of sp³-hybridized carbons (Fsp3) is 0.846. The van der Waals surface area contributed by atoms with E-state index in [9.17, 15) is 4.79 Å². The lowest BCUT2D eigenvalue weighted by Crippen LogP contribution is -2.25. The zero-order valence-electron chi connectivity index (χ0n) is 9.83. The van der Waals surface area contributed by atoms with Gasteiger partial charge in [0.25, 0.3) is 0 Å². The van der Waals surface area contributed by atoms with E-state index in [0.717, 1.165) is 32.1 Å². The molecule has 1 aliphatic carbocycles. The Kier molecular flexibility index (Phi) is 4.81. The third-order valence-corrected chi connectivity index (χ3v) is 3.21. The summed E-state index contributed by atoms with van der Waals surface area (Å²) in [6.45, 7) is 4.14. The number of hydrogen-bond acceptors (Lipinski definition) is 2. The molecular weight excluding hydrogens is 186 g/mol. The van der Waals surface area contributed by atoms with Gasteiger partial charge in [0.15, 0.2) is 5.78 Å². The van der Waals surface area contributed by atoms with Crippen LogP contribution in [0.2, 0.25) is 0 Å². The highest BCUT2D eigenvalue weighted by Gasteiger charge is 2.28. The Balaban J connectivity index is 2.52. The molecule has 0 radical (unpaired) electrons. The topological polar surface area (TPSA) is 40.9 Å². The largest absolute Gasteiger partial charge is 0.298 e. The molecule has 1 atom stereocenters. The summed E-state index contributed by atoms with van der Waals surface area (Å²) in [6.07, 6.45) is 6.33. The molecular formula is C13H21NO. The van der Waals surface area contributed by atoms with E-state index in [0.29, 0.717) is 5.92 Å². The molecule has 0 aromatic rings. The van der Waals surface area contributed by atoms with Gasteiger partial charge in [-0.1, -0.05) is 33.1 Å². The Labute approximate surface area is 92.7 Å². The first-order chi connectivity index (χ1) is 7.15. The van der Waals surface area contributed by atoms with Gasteiger partial charge in [0.2, 0.25) is 0 Å². The van der Waals surface area contributed by atoms with Gasteiger partial charge in [-0.2, -0.15) is 5.26 Å². The van der Waals surface area contributed by atoms with Crippen LogP contribution >= 0.6 is 0 Å². The van der Waals surface area contributed by atoms with Crippen LogP contribution < -0.4 is 0 Å². The fourth-order valence-electron chi connectivity index (χ4n) is 2.38. The third kappa shape index (κ3) is 3.66. The zero-order valence-corrected chi connectivity index (χ0v) is 9.83. The third-order valence-electron chi connectivity index (χ3n) is 3.21. The van der Waals surface area contributed by atoms with Crippen LogP contribution in [0, 0.1) is 29.1 Å². The van der Waals surface area contributed by atoms with Gasteiger partial charge < -0.3 is 0 Å². The van der Waals surface area contributed by atoms with Gasteiger partial charge in [-0.3, -0.25) is 4.79 Å². The minimum Gasteiger partial charge on any atom is -0.298 e. The van der Waals surface area contributed by atoms with Crippen molar-refractivity contribution >= 4 is 5.78 Å². The molecule has 1 rings (SSSR count). The Hall–Kier alpha value is -0.840. The van der Waals surface area contributed by atoms with Crippen LogP contribution in [0.3, 0.4) is 0 Å². The van der Waals surface area contributed by atoms with Crippen LogP contribution in [0.4, 0.5) is 0 Å². The van der Waals surface area contributed by atoms with E-state index >= 15 is 0 Å². The van der Waals surface area contributed by atoms with Crippen LogP contribution in [0.5, 0.6) is 0 Å². The zero-order chi connectivity index (χ0) is 11.3. The molecule has 1 unspecified atom stereocenters. The average Bonchev–Trinajstić information content (AvgIpc) is 2.26. The summed E-state index contributed by atoms with van der Waals surface area (Å²) in [5.41, 5.74) is 0. The van der Waals surface area contributed by atoms with E-state index in [4.69, 9.17) is 5.26 Å². The second kappa shape index (κ2) is 5.90. The lowest BCUT2D eigenvalue weighted by atomic mass is 9.80. The van der Waals surface area contributed by atoms with Gasteiger partial charge in [0.1, 0.15) is 5.92 Å². The Morgan fingerprint density at radius 1 is 1.33 bits per heavy atom. The van der Waals surface area contributed by atoms with Crippen molar-refractivity contribution in [1.29, 1.82) is 5.26 Å². The smallest absolute Gasteiger partial charge is 0.153 e. The molecule has 1 fully saturated rings. The lowest BCUT2D eigenvalue weighted by Gasteiger charge is -2.22. The number of nitrogens with zero attached hydrogens (tertiary/aromatic N) is 1. The predicted octanol–water partition coefficient (Wildman–Crippen LogP) is 3.32. The molecule has 0 saturated heterocycles. The molecule has 0 aliphatic heterocycles. The molecule has 0 aromatic carbocycles. The highest BCUT2D eigenvalue weighted by atomic mass is 16.1. The lowest BCUT2D eigenvalue weighted by molar-refractivity contribution is -0.126. The maximum Gasteiger partial charge on any atom is 0.153 e. The van der Waals surface area contributed by atoms with E-state index in [-0.39, 0.29) is 17.6 Å². The number of Topliss-reactive ketones (excluding diaryl/α,β-unsaturated/α-hetero) is 1. The first kappa shape index (κ1) is 12.2. The summed E-state index contributed by atoms with van der Waals surface area (Å²) in [6, 6.07) is 2.18. The van der Waals surface area contributed by atoms with Crippen molar-refractivity contribution in [2.45, 2.75) is 52.4 Å². The van der Waals surface area contributed by atoms with Crippen molar-refractivity contribution in [3.63, 3.8) is 0 Å². The Morgan fingerprint density at radius 3 is 2.40 bits per heavy atom. The van der Waals surface area contributed by atoms with Gasteiger partial charge in [0.05, 0.1) is 6.07 Å². The van der Waals surface area contributed by atoms with Crippen molar-refractivity contribution in [1.82, 2.24) is 0 Å². The highest BCUT2D eigenvalue weighted by Crippen LogP contribution is 2.28. The number of rotatable bonds is 4. The van der Waals surface area contributed by atoms with Crippen molar-refractivity contribution < 1.29 is 4.79 Å². The van der Waals surface area contributed by atoms with Gasteiger partial charge in [-0.05, 0) is 25.2 Å². The van der Waals surface area contributed by atoms with E-state index in [1.54, 1.807) is 0 Å². The summed E-state index contributed by atoms with van der Waals surface area (Å²) in [4.78, 5) is 12.0. The SMILES string of the molecule is CC(C)CC(C#N)C(=O)C1CCCCC1. The quantitative estimate of drug-likeness (QED) is 0.709. The summed E-state index contributed by atoms with van der Waals surface area (Å²) in [7, 11) is 0. The normalized spacial score (nSPS) is 19.9. The van der Waals surface area contributed by atoms with Crippen molar-refractivity contribution in [2.24, 2.45) is 17.8 Å². The predicted molar refractivity (Wildman–Crippen MR) is 60.1 cm³/mol. The molecule has 0 amide bonds. The number of nitriles is 1. The van der Waals surface area contributed by atoms with Crippen LogP contribution in [0.25, 0.3) is 0 Å². The molecule has 0 N–H and O–H groups in total. The first-order valence-corrected chi connectivity index (χ1v) is 6.08. The second-order valence-corrected chi connectivity index (χ2v) is 5.05. The summed E-state index contributed by atoms with van der Waals surface area (Å²) in [5, 5.41) is 9.01. The van der Waals surface area contributed by atoms with E-state index in [1.807, 2.05) is 0 Å². The minimum absolute atomic E-state index is 0.183. The molecule has 0 spiro atoms. The van der Waals surface area contributed by atoms with Gasteiger partial charge >= 0.3 is 0 Å². The fourth-order valence-corrected chi connectivity index (χ4v) is 2.38. The number of carbonyl (C=O) groups is 1. The number of ketones is 1. The molecule has 84 valence electrons. The Morgan fingerprint density at radius 2 is 1.93 bits per heavy atom. The second-order valence-electron chi connectivity index (χ2n) is 5.05.